The van der Waals surface area contributed by atoms with Gasteiger partial charge in [-0.05, 0) is 31.0 Å². The van der Waals surface area contributed by atoms with Crippen molar-refractivity contribution < 1.29 is 37.4 Å². The van der Waals surface area contributed by atoms with Gasteiger partial charge >= 0.3 is 13.8 Å². The molecule has 0 bridgehead atoms. The highest BCUT2D eigenvalue weighted by molar-refractivity contribution is 9.10. The standard InChI is InChI=1S/C20H25BrN3O8P/c21-14-5-6-16-15(12-14)17(13-23-16)32-33(28,30-11-9-22)29-10-3-1-2-4-20(27)31-24-18(25)7-8-19(24)26/h5-6,12-13,23H,1-4,7-11,22H2. The summed E-state index contributed by atoms with van der Waals surface area (Å²) in [6.07, 6.45) is 3.14. The van der Waals surface area contributed by atoms with E-state index >= 15 is 0 Å². The number of H-pyrrole nitrogens is 1. The maximum atomic E-state index is 13.1. The zero-order chi connectivity index (χ0) is 23.8. The van der Waals surface area contributed by atoms with E-state index in [1.165, 1.54) is 0 Å². The summed E-state index contributed by atoms with van der Waals surface area (Å²) in [4.78, 5) is 42.6. The van der Waals surface area contributed by atoms with Crippen LogP contribution in [0.2, 0.25) is 0 Å². The molecule has 1 atom stereocenters. The van der Waals surface area contributed by atoms with E-state index in [4.69, 9.17) is 24.1 Å². The lowest BCUT2D eigenvalue weighted by atomic mass is 10.2. The maximum absolute atomic E-state index is 13.1. The molecule has 11 nitrogen and oxygen atoms in total. The number of aromatic nitrogens is 1. The predicted octanol–water partition coefficient (Wildman–Crippen LogP) is 3.58. The van der Waals surface area contributed by atoms with E-state index in [1.807, 2.05) is 18.2 Å². The number of benzene rings is 1. The molecule has 1 aromatic carbocycles. The lowest BCUT2D eigenvalue weighted by Gasteiger charge is -2.18. The molecule has 2 amide bonds. The Bertz CT molecular complexity index is 1040. The van der Waals surface area contributed by atoms with E-state index in [2.05, 4.69) is 20.9 Å². The largest absolute Gasteiger partial charge is 0.530 e. The summed E-state index contributed by atoms with van der Waals surface area (Å²) in [5.74, 6) is -1.37. The third kappa shape index (κ3) is 7.12. The number of nitrogens with one attached hydrogen (secondary N) is 1. The Kier molecular flexibility index (Phi) is 9.04. The number of amides is 2. The van der Waals surface area contributed by atoms with Crippen LogP contribution >= 0.6 is 23.8 Å². The second-order valence-electron chi connectivity index (χ2n) is 7.19. The average Bonchev–Trinajstić information content (AvgIpc) is 3.32. The third-order valence-corrected chi connectivity index (χ3v) is 6.57. The number of aromatic amines is 1. The van der Waals surface area contributed by atoms with E-state index < -0.39 is 25.6 Å². The molecule has 3 N–H and O–H groups in total. The molecule has 1 aliphatic heterocycles. The molecular weight excluding hydrogens is 521 g/mol. The van der Waals surface area contributed by atoms with Crippen molar-refractivity contribution >= 4 is 52.4 Å². The molecule has 3 rings (SSSR count). The van der Waals surface area contributed by atoms with Gasteiger partial charge in [-0.1, -0.05) is 22.4 Å². The Hall–Kier alpha value is -2.24. The van der Waals surface area contributed by atoms with Gasteiger partial charge in [-0.2, -0.15) is 0 Å². The minimum atomic E-state index is -3.93. The van der Waals surface area contributed by atoms with Crippen molar-refractivity contribution in [1.29, 1.82) is 0 Å². The predicted molar refractivity (Wildman–Crippen MR) is 121 cm³/mol. The summed E-state index contributed by atoms with van der Waals surface area (Å²) >= 11 is 3.39. The number of nitrogens with zero attached hydrogens (tertiary/aromatic N) is 1. The molecule has 2 aromatic rings. The number of phosphoric acid groups is 1. The number of carbonyl (C=O) groups excluding carboxylic acids is 3. The molecule has 1 aromatic heterocycles. The van der Waals surface area contributed by atoms with Gasteiger partial charge in [-0.3, -0.25) is 18.6 Å². The molecule has 0 aliphatic carbocycles. The average molecular weight is 546 g/mol. The topological polar surface area (TPSA) is 150 Å². The van der Waals surface area contributed by atoms with Crippen molar-refractivity contribution in [2.45, 2.75) is 38.5 Å². The number of imide groups is 1. The number of nitrogens with two attached hydrogens (primary N) is 1. The van der Waals surface area contributed by atoms with Gasteiger partial charge < -0.3 is 20.1 Å². The van der Waals surface area contributed by atoms with Gasteiger partial charge in [0.2, 0.25) is 0 Å². The van der Waals surface area contributed by atoms with Crippen LogP contribution in [0.4, 0.5) is 0 Å². The quantitative estimate of drug-likeness (QED) is 0.218. The summed E-state index contributed by atoms with van der Waals surface area (Å²) in [6.45, 7) is 0.190. The summed E-state index contributed by atoms with van der Waals surface area (Å²) in [7, 11) is -3.93. The molecule has 33 heavy (non-hydrogen) atoms. The smallest absolute Gasteiger partial charge is 0.402 e. The van der Waals surface area contributed by atoms with Gasteiger partial charge in [0.25, 0.3) is 11.8 Å². The summed E-state index contributed by atoms with van der Waals surface area (Å²) in [6, 6.07) is 5.52. The minimum Gasteiger partial charge on any atom is -0.402 e. The Morgan fingerprint density at radius 2 is 1.85 bits per heavy atom. The highest BCUT2D eigenvalue weighted by atomic mass is 79.9. The van der Waals surface area contributed by atoms with E-state index in [-0.39, 0.29) is 39.0 Å². The molecule has 0 radical (unpaired) electrons. The molecule has 0 saturated carbocycles. The Morgan fingerprint density at radius 3 is 2.58 bits per heavy atom. The second-order valence-corrected chi connectivity index (χ2v) is 9.70. The number of halogens is 1. The second kappa shape index (κ2) is 11.8. The van der Waals surface area contributed by atoms with Crippen molar-refractivity contribution in [3.63, 3.8) is 0 Å². The summed E-state index contributed by atoms with van der Waals surface area (Å²) < 4.78 is 30.2. The first-order valence-electron chi connectivity index (χ1n) is 10.4. The van der Waals surface area contributed by atoms with Crippen LogP contribution in [-0.2, 0) is 32.8 Å². The van der Waals surface area contributed by atoms with Gasteiger partial charge in [-0.15, -0.1) is 5.06 Å². The molecule has 0 spiro atoms. The van der Waals surface area contributed by atoms with Crippen LogP contribution in [0.25, 0.3) is 10.9 Å². The Morgan fingerprint density at radius 1 is 1.12 bits per heavy atom. The van der Waals surface area contributed by atoms with Crippen molar-refractivity contribution in [3.8, 4) is 5.75 Å². The number of unbranched alkanes of at least 4 members (excludes halogenated alkanes) is 2. The van der Waals surface area contributed by atoms with Gasteiger partial charge in [-0.25, -0.2) is 9.36 Å². The van der Waals surface area contributed by atoms with Gasteiger partial charge in [0.15, 0.2) is 5.75 Å². The number of fused-ring (bicyclic) bond motifs is 1. The number of hydrogen-bond donors (Lipinski definition) is 2. The van der Waals surface area contributed by atoms with Crippen LogP contribution in [-0.4, -0.2) is 47.6 Å². The van der Waals surface area contributed by atoms with Gasteiger partial charge in [0, 0.05) is 47.4 Å². The molecule has 13 heteroatoms. The SMILES string of the molecule is NCCOP(=O)(OCCCCCC(=O)ON1C(=O)CCC1=O)Oc1c[nH]c2ccc(Br)cc12. The fraction of sp³-hybridized carbons (Fsp3) is 0.450. The number of hydrogen-bond acceptors (Lipinski definition) is 9. The normalized spacial score (nSPS) is 15.8. The lowest BCUT2D eigenvalue weighted by molar-refractivity contribution is -0.197. The number of hydroxylamine groups is 2. The number of rotatable bonds is 13. The maximum Gasteiger partial charge on any atom is 0.530 e. The molecule has 1 aliphatic rings. The highest BCUT2D eigenvalue weighted by Gasteiger charge is 2.33. The molecule has 2 heterocycles. The van der Waals surface area contributed by atoms with E-state index in [9.17, 15) is 18.9 Å². The Labute approximate surface area is 198 Å². The zero-order valence-electron chi connectivity index (χ0n) is 17.8. The van der Waals surface area contributed by atoms with Crippen LogP contribution in [0.15, 0.2) is 28.9 Å². The number of carbonyl (C=O) groups is 3. The van der Waals surface area contributed by atoms with Crippen molar-refractivity contribution in [1.82, 2.24) is 10.0 Å². The first kappa shape index (κ1) is 25.4. The van der Waals surface area contributed by atoms with Crippen molar-refractivity contribution in [2.75, 3.05) is 19.8 Å². The van der Waals surface area contributed by atoms with Crippen LogP contribution in [0.5, 0.6) is 5.75 Å². The zero-order valence-corrected chi connectivity index (χ0v) is 20.3. The first-order valence-corrected chi connectivity index (χ1v) is 12.7. The van der Waals surface area contributed by atoms with Crippen LogP contribution in [0.3, 0.4) is 0 Å². The first-order chi connectivity index (χ1) is 15.8. The van der Waals surface area contributed by atoms with Crippen LogP contribution < -0.4 is 10.3 Å². The highest BCUT2D eigenvalue weighted by Crippen LogP contribution is 2.51. The van der Waals surface area contributed by atoms with Crippen LogP contribution in [0.1, 0.15) is 38.5 Å². The van der Waals surface area contributed by atoms with Crippen molar-refractivity contribution in [2.24, 2.45) is 5.73 Å². The van der Waals surface area contributed by atoms with Crippen LogP contribution in [0, 0.1) is 0 Å². The molecule has 1 saturated heterocycles. The fourth-order valence-electron chi connectivity index (χ4n) is 3.05. The summed E-state index contributed by atoms with van der Waals surface area (Å²) in [5.41, 5.74) is 6.25. The molecule has 1 fully saturated rings. The fourth-order valence-corrected chi connectivity index (χ4v) is 4.66. The Balaban J connectivity index is 1.45. The van der Waals surface area contributed by atoms with E-state index in [0.717, 1.165) is 9.99 Å². The van der Waals surface area contributed by atoms with E-state index in [0.29, 0.717) is 35.5 Å². The molecule has 180 valence electrons. The molecular formula is C20H25BrN3O8P. The minimum absolute atomic E-state index is 0.0108. The van der Waals surface area contributed by atoms with Gasteiger partial charge in [0.05, 0.1) is 13.2 Å². The third-order valence-electron chi connectivity index (χ3n) is 4.66. The van der Waals surface area contributed by atoms with Crippen molar-refractivity contribution in [3.05, 3.63) is 28.9 Å². The number of phosphoric ester groups is 1. The molecule has 1 unspecified atom stereocenters. The lowest BCUT2D eigenvalue weighted by Crippen LogP contribution is -2.31. The summed E-state index contributed by atoms with van der Waals surface area (Å²) in [5, 5.41) is 1.23. The monoisotopic (exact) mass is 545 g/mol. The van der Waals surface area contributed by atoms with Gasteiger partial charge in [0.1, 0.15) is 0 Å². The van der Waals surface area contributed by atoms with E-state index in [1.54, 1.807) is 6.20 Å².